The highest BCUT2D eigenvalue weighted by atomic mass is 15.3. The number of allylic oxidation sites excluding steroid dienone is 10. The number of aliphatic imine (C=N–C) groups is 1. The summed E-state index contributed by atoms with van der Waals surface area (Å²) in [4.78, 5) is 9.04. The summed E-state index contributed by atoms with van der Waals surface area (Å²) in [5, 5.41) is 17.0. The minimum Gasteiger partial charge on any atom is -0.334 e. The topological polar surface area (TPSA) is 91.5 Å². The Morgan fingerprint density at radius 3 is 1.36 bits per heavy atom. The van der Waals surface area contributed by atoms with Crippen molar-refractivity contribution in [1.29, 1.82) is 5.41 Å². The summed E-state index contributed by atoms with van der Waals surface area (Å²) in [6, 6.07) is 64.3. The van der Waals surface area contributed by atoms with Gasteiger partial charge >= 0.3 is 0 Å². The van der Waals surface area contributed by atoms with Crippen LogP contribution in [0.1, 0.15) is 12.0 Å². The molecule has 0 amide bonds. The molecule has 3 aliphatic rings. The summed E-state index contributed by atoms with van der Waals surface area (Å²) in [6.07, 6.45) is 22.9. The molecule has 10 rings (SSSR count). The van der Waals surface area contributed by atoms with Gasteiger partial charge in [0.15, 0.2) is 0 Å². The molecular formula is C61H50N8. The maximum Gasteiger partial charge on any atom is 0.108 e. The van der Waals surface area contributed by atoms with E-state index >= 15 is 0 Å². The van der Waals surface area contributed by atoms with E-state index in [0.717, 1.165) is 79.9 Å². The number of para-hydroxylation sites is 2. The molecule has 0 spiro atoms. The molecule has 1 unspecified atom stereocenters. The van der Waals surface area contributed by atoms with Crippen molar-refractivity contribution >= 4 is 68.2 Å². The Balaban J connectivity index is 0.822. The number of hydrogen-bond acceptors (Lipinski definition) is 8. The Hall–Kier alpha value is -9.14. The predicted octanol–water partition coefficient (Wildman–Crippen LogP) is 14.9. The lowest BCUT2D eigenvalue weighted by molar-refractivity contribution is 0.787. The fourth-order valence-corrected chi connectivity index (χ4v) is 8.62. The maximum absolute atomic E-state index is 8.06. The van der Waals surface area contributed by atoms with Crippen LogP contribution in [0.25, 0.3) is 27.8 Å². The van der Waals surface area contributed by atoms with Crippen molar-refractivity contribution in [3.8, 4) is 22.3 Å². The minimum absolute atomic E-state index is 0.139. The van der Waals surface area contributed by atoms with E-state index < -0.39 is 0 Å². The highest BCUT2D eigenvalue weighted by Gasteiger charge is 2.21. The molecule has 69 heavy (non-hydrogen) atoms. The summed E-state index contributed by atoms with van der Waals surface area (Å²) in [5.74, 6) is 0. The molecule has 7 aromatic carbocycles. The van der Waals surface area contributed by atoms with E-state index in [1.807, 2.05) is 54.7 Å². The number of nitrogens with one attached hydrogen (secondary N) is 3. The Labute approximate surface area is 403 Å². The van der Waals surface area contributed by atoms with Crippen molar-refractivity contribution in [1.82, 2.24) is 0 Å². The Kier molecular flexibility index (Phi) is 13.0. The maximum atomic E-state index is 8.06. The van der Waals surface area contributed by atoms with Crippen molar-refractivity contribution < 1.29 is 0 Å². The van der Waals surface area contributed by atoms with Crippen LogP contribution in [0.4, 0.5) is 39.8 Å². The van der Waals surface area contributed by atoms with E-state index in [9.17, 15) is 0 Å². The second-order valence-electron chi connectivity index (χ2n) is 16.7. The van der Waals surface area contributed by atoms with Crippen LogP contribution >= 0.6 is 0 Å². The van der Waals surface area contributed by atoms with Gasteiger partial charge in [0.2, 0.25) is 0 Å². The molecule has 0 radical (unpaired) electrons. The second-order valence-corrected chi connectivity index (χ2v) is 16.7. The first kappa shape index (κ1) is 43.7. The second kappa shape index (κ2) is 20.6. The van der Waals surface area contributed by atoms with Gasteiger partial charge in [-0.05, 0) is 149 Å². The van der Waals surface area contributed by atoms with E-state index in [0.29, 0.717) is 11.4 Å². The van der Waals surface area contributed by atoms with Gasteiger partial charge in [-0.2, -0.15) is 10.2 Å². The third-order valence-electron chi connectivity index (χ3n) is 12.3. The van der Waals surface area contributed by atoms with Gasteiger partial charge in [0.1, 0.15) is 11.4 Å². The first-order chi connectivity index (χ1) is 34.1. The van der Waals surface area contributed by atoms with Crippen molar-refractivity contribution in [2.45, 2.75) is 12.5 Å². The van der Waals surface area contributed by atoms with E-state index in [-0.39, 0.29) is 6.04 Å². The summed E-state index contributed by atoms with van der Waals surface area (Å²) >= 11 is 0. The number of hydrazone groups is 2. The van der Waals surface area contributed by atoms with Gasteiger partial charge in [-0.25, -0.2) is 0 Å². The molecule has 3 aliphatic carbocycles. The number of anilines is 7. The largest absolute Gasteiger partial charge is 0.334 e. The average molecular weight is 895 g/mol. The molecule has 0 saturated carbocycles. The van der Waals surface area contributed by atoms with Crippen LogP contribution in [0.5, 0.6) is 0 Å². The third kappa shape index (κ3) is 10.2. The number of rotatable bonds is 13. The molecular weight excluding hydrogens is 845 g/mol. The first-order valence-corrected chi connectivity index (χ1v) is 23.1. The molecule has 334 valence electrons. The highest BCUT2D eigenvalue weighted by molar-refractivity contribution is 6.51. The quantitative estimate of drug-likeness (QED) is 0.0794. The van der Waals surface area contributed by atoms with E-state index in [1.54, 1.807) is 13.1 Å². The number of nitrogens with zero attached hydrogens (tertiary/aromatic N) is 5. The summed E-state index contributed by atoms with van der Waals surface area (Å²) in [7, 11) is 1.78. The molecule has 0 aliphatic heterocycles. The van der Waals surface area contributed by atoms with Gasteiger partial charge in [0.05, 0.1) is 28.8 Å². The Morgan fingerprint density at radius 1 is 0.435 bits per heavy atom. The minimum atomic E-state index is 0.139. The van der Waals surface area contributed by atoms with Crippen molar-refractivity contribution in [3.63, 3.8) is 0 Å². The van der Waals surface area contributed by atoms with E-state index in [1.165, 1.54) is 11.1 Å². The summed E-state index contributed by atoms with van der Waals surface area (Å²) in [6.45, 7) is 0. The zero-order valence-electron chi connectivity index (χ0n) is 38.2. The van der Waals surface area contributed by atoms with Crippen LogP contribution in [-0.4, -0.2) is 35.9 Å². The Morgan fingerprint density at radius 2 is 0.855 bits per heavy atom. The molecule has 7 aromatic rings. The molecule has 0 fully saturated rings. The lowest BCUT2D eigenvalue weighted by Gasteiger charge is -2.33. The normalized spacial score (nSPS) is 16.8. The fourth-order valence-electron chi connectivity index (χ4n) is 8.62. The first-order valence-electron chi connectivity index (χ1n) is 23.1. The van der Waals surface area contributed by atoms with Gasteiger partial charge in [-0.1, -0.05) is 140 Å². The zero-order chi connectivity index (χ0) is 46.8. The third-order valence-corrected chi connectivity index (χ3v) is 12.3. The standard InChI is InChI=1S/C61H50N8/c1-63-60-18-10-11-19-61(60)67-65-51-34-22-45(23-35-51)47-26-38-55(39-27-47)69(53-14-6-3-7-15-53)57-42-30-49(31-43-57)48-28-40-56(41-29-48)68(52-12-4-2-5-13-52)54-36-24-46(25-37-54)44-20-32-50(33-21-44)64-66-59-17-9-8-16-58(59)62/h2-42,57,62,64-65H,43H2,1H3/b62-58?,63-60?,66-59-,67-61-. The molecule has 3 N–H and O–H groups in total. The molecule has 8 heteroatoms. The van der Waals surface area contributed by atoms with Crippen LogP contribution in [0.15, 0.2) is 264 Å². The highest BCUT2D eigenvalue weighted by Crippen LogP contribution is 2.38. The fraction of sp³-hybridized carbons (Fsp3) is 0.0492. The number of hydrogen-bond donors (Lipinski definition) is 3. The SMILES string of the molecule is CN=C1C=CC=C/C1=N/Nc1ccc(-c2ccc(N(c3ccccc3)C3C=CC(c4ccc(N(c5ccccc5)c5ccc(-c6ccc(N/N=C7/C=CC=CC7=N)cc6)cc5)cc4)=CC3)cc2)cc1. The van der Waals surface area contributed by atoms with Crippen LogP contribution in [0.3, 0.4) is 0 Å². The van der Waals surface area contributed by atoms with E-state index in [2.05, 4.69) is 224 Å². The van der Waals surface area contributed by atoms with Crippen LogP contribution in [0, 0.1) is 5.41 Å². The van der Waals surface area contributed by atoms with Crippen molar-refractivity contribution in [2.24, 2.45) is 15.2 Å². The summed E-state index contributed by atoms with van der Waals surface area (Å²) < 4.78 is 0. The molecule has 8 nitrogen and oxygen atoms in total. The molecule has 0 heterocycles. The summed E-state index contributed by atoms with van der Waals surface area (Å²) in [5.41, 5.74) is 23.1. The molecule has 1 atom stereocenters. The van der Waals surface area contributed by atoms with Gasteiger partial charge in [-0.15, -0.1) is 0 Å². The molecule has 0 aromatic heterocycles. The predicted molar refractivity (Wildman–Crippen MR) is 292 cm³/mol. The molecule has 0 bridgehead atoms. The zero-order valence-corrected chi connectivity index (χ0v) is 38.2. The number of benzene rings is 7. The van der Waals surface area contributed by atoms with Crippen LogP contribution in [-0.2, 0) is 0 Å². The van der Waals surface area contributed by atoms with Crippen molar-refractivity contribution in [3.05, 3.63) is 254 Å². The Bertz CT molecular complexity index is 3210. The lowest BCUT2D eigenvalue weighted by atomic mass is 9.95. The van der Waals surface area contributed by atoms with Crippen molar-refractivity contribution in [2.75, 3.05) is 27.7 Å². The van der Waals surface area contributed by atoms with Gasteiger partial charge in [0, 0.05) is 35.5 Å². The van der Waals surface area contributed by atoms with Gasteiger partial charge in [0.25, 0.3) is 0 Å². The smallest absolute Gasteiger partial charge is 0.108 e. The van der Waals surface area contributed by atoms with Crippen LogP contribution in [0.2, 0.25) is 0 Å². The van der Waals surface area contributed by atoms with Gasteiger partial charge in [-0.3, -0.25) is 21.3 Å². The monoisotopic (exact) mass is 894 g/mol. The van der Waals surface area contributed by atoms with Crippen LogP contribution < -0.4 is 20.7 Å². The lowest BCUT2D eigenvalue weighted by Crippen LogP contribution is -2.30. The average Bonchev–Trinajstić information content (AvgIpc) is 3.42. The molecule has 0 saturated heterocycles. The van der Waals surface area contributed by atoms with Gasteiger partial charge < -0.3 is 9.80 Å². The van der Waals surface area contributed by atoms with E-state index in [4.69, 9.17) is 5.41 Å².